The van der Waals surface area contributed by atoms with Crippen LogP contribution in [0.25, 0.3) is 0 Å². The predicted octanol–water partition coefficient (Wildman–Crippen LogP) is 1.90. The van der Waals surface area contributed by atoms with Crippen LogP contribution in [0.1, 0.15) is 17.7 Å². The molecule has 0 unspecified atom stereocenters. The first kappa shape index (κ1) is 12.6. The van der Waals surface area contributed by atoms with E-state index in [1.807, 2.05) is 0 Å². The van der Waals surface area contributed by atoms with E-state index in [4.69, 9.17) is 5.73 Å². The molecule has 1 aromatic carbocycles. The molecule has 18 heavy (non-hydrogen) atoms. The van der Waals surface area contributed by atoms with E-state index in [9.17, 15) is 4.39 Å². The summed E-state index contributed by atoms with van der Waals surface area (Å²) in [5.41, 5.74) is 8.47. The van der Waals surface area contributed by atoms with Gasteiger partial charge >= 0.3 is 0 Å². The minimum atomic E-state index is -0.218. The standard InChI is InChI=1S/C13H17FN4/c14-11-4-2-10(3-5-11)8-12-13(9-17-18-12)16-7-1-6-15/h2-5,9,16H,1,6-8,15H2,(H,17,18). The summed E-state index contributed by atoms with van der Waals surface area (Å²) in [7, 11) is 0. The lowest BCUT2D eigenvalue weighted by Crippen LogP contribution is -2.09. The molecule has 5 heteroatoms. The number of hydrogen-bond acceptors (Lipinski definition) is 3. The molecule has 0 aliphatic rings. The number of rotatable bonds is 6. The van der Waals surface area contributed by atoms with Gasteiger partial charge in [-0.2, -0.15) is 5.10 Å². The fraction of sp³-hybridized carbons (Fsp3) is 0.308. The Hall–Kier alpha value is -1.88. The molecule has 4 N–H and O–H groups in total. The molecule has 4 nitrogen and oxygen atoms in total. The van der Waals surface area contributed by atoms with Crippen molar-refractivity contribution in [3.05, 3.63) is 47.5 Å². The predicted molar refractivity (Wildman–Crippen MR) is 70.0 cm³/mol. The zero-order valence-corrected chi connectivity index (χ0v) is 10.1. The zero-order valence-electron chi connectivity index (χ0n) is 10.1. The van der Waals surface area contributed by atoms with Gasteiger partial charge in [-0.15, -0.1) is 0 Å². The van der Waals surface area contributed by atoms with E-state index in [0.717, 1.165) is 29.9 Å². The number of benzene rings is 1. The molecule has 0 saturated carbocycles. The van der Waals surface area contributed by atoms with Crippen molar-refractivity contribution in [2.45, 2.75) is 12.8 Å². The molecule has 0 atom stereocenters. The summed E-state index contributed by atoms with van der Waals surface area (Å²) in [5, 5.41) is 10.3. The summed E-state index contributed by atoms with van der Waals surface area (Å²) in [6.45, 7) is 1.49. The number of hydrogen-bond donors (Lipinski definition) is 3. The Labute approximate surface area is 105 Å². The highest BCUT2D eigenvalue weighted by Gasteiger charge is 2.05. The average molecular weight is 248 g/mol. The van der Waals surface area contributed by atoms with E-state index >= 15 is 0 Å². The molecule has 1 heterocycles. The van der Waals surface area contributed by atoms with Gasteiger partial charge in [-0.3, -0.25) is 5.10 Å². The highest BCUT2D eigenvalue weighted by Crippen LogP contribution is 2.16. The van der Waals surface area contributed by atoms with Crippen molar-refractivity contribution in [1.29, 1.82) is 0 Å². The molecule has 2 rings (SSSR count). The second-order valence-electron chi connectivity index (χ2n) is 4.13. The molecule has 0 amide bonds. The Morgan fingerprint density at radius 1 is 1.28 bits per heavy atom. The normalized spacial score (nSPS) is 10.6. The van der Waals surface area contributed by atoms with Crippen LogP contribution < -0.4 is 11.1 Å². The first-order valence-electron chi connectivity index (χ1n) is 6.00. The molecular formula is C13H17FN4. The smallest absolute Gasteiger partial charge is 0.123 e. The van der Waals surface area contributed by atoms with E-state index in [1.165, 1.54) is 12.1 Å². The minimum Gasteiger partial charge on any atom is -0.382 e. The van der Waals surface area contributed by atoms with Crippen molar-refractivity contribution in [2.24, 2.45) is 5.73 Å². The van der Waals surface area contributed by atoms with Crippen LogP contribution in [-0.4, -0.2) is 23.3 Å². The molecule has 0 spiro atoms. The minimum absolute atomic E-state index is 0.218. The lowest BCUT2D eigenvalue weighted by atomic mass is 10.1. The Balaban J connectivity index is 2.00. The van der Waals surface area contributed by atoms with Gasteiger partial charge in [0.1, 0.15) is 5.82 Å². The fourth-order valence-corrected chi connectivity index (χ4v) is 1.73. The Morgan fingerprint density at radius 2 is 2.06 bits per heavy atom. The third-order valence-electron chi connectivity index (χ3n) is 2.71. The van der Waals surface area contributed by atoms with Crippen LogP contribution >= 0.6 is 0 Å². The van der Waals surface area contributed by atoms with E-state index in [0.29, 0.717) is 13.0 Å². The lowest BCUT2D eigenvalue weighted by Gasteiger charge is -2.06. The Morgan fingerprint density at radius 3 is 2.78 bits per heavy atom. The van der Waals surface area contributed by atoms with Crippen molar-refractivity contribution in [3.63, 3.8) is 0 Å². The third-order valence-corrected chi connectivity index (χ3v) is 2.71. The number of nitrogens with zero attached hydrogens (tertiary/aromatic N) is 1. The van der Waals surface area contributed by atoms with Gasteiger partial charge in [0.25, 0.3) is 0 Å². The molecule has 2 aromatic rings. The molecule has 0 fully saturated rings. The topological polar surface area (TPSA) is 66.7 Å². The van der Waals surface area contributed by atoms with Crippen molar-refractivity contribution >= 4 is 5.69 Å². The van der Waals surface area contributed by atoms with Gasteiger partial charge in [0.15, 0.2) is 0 Å². The van der Waals surface area contributed by atoms with Gasteiger partial charge in [-0.25, -0.2) is 4.39 Å². The quantitative estimate of drug-likeness (QED) is 0.684. The molecule has 0 radical (unpaired) electrons. The summed E-state index contributed by atoms with van der Waals surface area (Å²) in [4.78, 5) is 0. The van der Waals surface area contributed by atoms with E-state index in [1.54, 1.807) is 18.3 Å². The Kier molecular flexibility index (Phi) is 4.30. The summed E-state index contributed by atoms with van der Waals surface area (Å²) in [6.07, 6.45) is 3.38. The van der Waals surface area contributed by atoms with Gasteiger partial charge in [-0.05, 0) is 30.7 Å². The summed E-state index contributed by atoms with van der Waals surface area (Å²) in [5.74, 6) is -0.218. The first-order valence-corrected chi connectivity index (χ1v) is 6.00. The number of anilines is 1. The van der Waals surface area contributed by atoms with Crippen molar-refractivity contribution < 1.29 is 4.39 Å². The summed E-state index contributed by atoms with van der Waals surface area (Å²) in [6, 6.07) is 6.49. The molecule has 0 aliphatic heterocycles. The number of halogens is 1. The maximum Gasteiger partial charge on any atom is 0.123 e. The molecule has 0 bridgehead atoms. The maximum absolute atomic E-state index is 12.8. The zero-order chi connectivity index (χ0) is 12.8. The van der Waals surface area contributed by atoms with Crippen LogP contribution in [0.4, 0.5) is 10.1 Å². The van der Waals surface area contributed by atoms with Gasteiger partial charge in [0, 0.05) is 13.0 Å². The summed E-state index contributed by atoms with van der Waals surface area (Å²) < 4.78 is 12.8. The number of aromatic nitrogens is 2. The van der Waals surface area contributed by atoms with E-state index in [-0.39, 0.29) is 5.82 Å². The van der Waals surface area contributed by atoms with Crippen LogP contribution in [0.2, 0.25) is 0 Å². The van der Waals surface area contributed by atoms with Crippen molar-refractivity contribution in [1.82, 2.24) is 10.2 Å². The average Bonchev–Trinajstić information content (AvgIpc) is 2.80. The van der Waals surface area contributed by atoms with Crippen LogP contribution in [0.3, 0.4) is 0 Å². The lowest BCUT2D eigenvalue weighted by molar-refractivity contribution is 0.627. The highest BCUT2D eigenvalue weighted by atomic mass is 19.1. The first-order chi connectivity index (χ1) is 8.79. The molecule has 1 aromatic heterocycles. The highest BCUT2D eigenvalue weighted by molar-refractivity contribution is 5.47. The monoisotopic (exact) mass is 248 g/mol. The van der Waals surface area contributed by atoms with Gasteiger partial charge < -0.3 is 11.1 Å². The van der Waals surface area contributed by atoms with E-state index in [2.05, 4.69) is 15.5 Å². The Bertz CT molecular complexity index is 478. The number of H-pyrrole nitrogens is 1. The number of aromatic amines is 1. The maximum atomic E-state index is 12.8. The van der Waals surface area contributed by atoms with Crippen molar-refractivity contribution in [2.75, 3.05) is 18.4 Å². The molecular weight excluding hydrogens is 231 g/mol. The number of nitrogens with two attached hydrogens (primary N) is 1. The van der Waals surface area contributed by atoms with Crippen molar-refractivity contribution in [3.8, 4) is 0 Å². The van der Waals surface area contributed by atoms with Gasteiger partial charge in [-0.1, -0.05) is 12.1 Å². The van der Waals surface area contributed by atoms with Crippen LogP contribution in [0.15, 0.2) is 30.5 Å². The molecule has 0 saturated heterocycles. The molecule has 96 valence electrons. The SMILES string of the molecule is NCCCNc1cn[nH]c1Cc1ccc(F)cc1. The van der Waals surface area contributed by atoms with Gasteiger partial charge in [0.2, 0.25) is 0 Å². The molecule has 0 aliphatic carbocycles. The van der Waals surface area contributed by atoms with E-state index < -0.39 is 0 Å². The summed E-state index contributed by atoms with van der Waals surface area (Å²) >= 11 is 0. The van der Waals surface area contributed by atoms with Crippen LogP contribution in [-0.2, 0) is 6.42 Å². The number of nitrogens with one attached hydrogen (secondary N) is 2. The third kappa shape index (κ3) is 3.30. The second kappa shape index (κ2) is 6.16. The van der Waals surface area contributed by atoms with Crippen LogP contribution in [0, 0.1) is 5.82 Å². The van der Waals surface area contributed by atoms with Crippen LogP contribution in [0.5, 0.6) is 0 Å². The second-order valence-corrected chi connectivity index (χ2v) is 4.13. The van der Waals surface area contributed by atoms with Gasteiger partial charge in [0.05, 0.1) is 17.6 Å². The largest absolute Gasteiger partial charge is 0.382 e. The fourth-order valence-electron chi connectivity index (χ4n) is 1.73.